The molecule has 5 atom stereocenters. The monoisotopic (exact) mass is 585 g/mol. The largest absolute Gasteiger partial charge is 0.394 e. The first-order chi connectivity index (χ1) is 19.7. The maximum absolute atomic E-state index is 13.4. The van der Waals surface area contributed by atoms with E-state index < -0.39 is 50.6 Å². The van der Waals surface area contributed by atoms with Crippen LogP contribution in [0.4, 0.5) is 0 Å². The number of rotatable bonds is 9. The summed E-state index contributed by atoms with van der Waals surface area (Å²) in [7, 11) is -1.38. The molecule has 1 fully saturated rings. The average Bonchev–Trinajstić information content (AvgIpc) is 3.69. The molecule has 1 aliphatic heterocycles. The third-order valence-corrected chi connectivity index (χ3v) is 8.69. The van der Waals surface area contributed by atoms with Gasteiger partial charge in [0, 0.05) is 30.9 Å². The Kier molecular flexibility index (Phi) is 8.27. The predicted octanol–water partition coefficient (Wildman–Crippen LogP) is 0.650. The minimum Gasteiger partial charge on any atom is -0.394 e. The number of ketones is 1. The Morgan fingerprint density at radius 3 is 2.29 bits per heavy atom. The maximum Gasteiger partial charge on any atom is 0.379 e. The lowest BCUT2D eigenvalue weighted by molar-refractivity contribution is -0.254. The molecule has 41 heavy (non-hydrogen) atoms. The predicted molar refractivity (Wildman–Crippen MR) is 143 cm³/mol. The van der Waals surface area contributed by atoms with E-state index in [1.54, 1.807) is 54.6 Å². The summed E-state index contributed by atoms with van der Waals surface area (Å²) in [5.41, 5.74) is 2.14. The van der Waals surface area contributed by atoms with Crippen LogP contribution in [-0.2, 0) is 18.3 Å². The van der Waals surface area contributed by atoms with Gasteiger partial charge in [-0.1, -0.05) is 59.8 Å². The van der Waals surface area contributed by atoms with E-state index in [9.17, 15) is 29.8 Å². The summed E-state index contributed by atoms with van der Waals surface area (Å²) in [6.07, 6.45) is -5.42. The van der Waals surface area contributed by atoms with Crippen molar-refractivity contribution in [3.05, 3.63) is 72.1 Å². The van der Waals surface area contributed by atoms with Gasteiger partial charge in [-0.3, -0.25) is 14.5 Å². The molecule has 15 heteroatoms. The van der Waals surface area contributed by atoms with Crippen molar-refractivity contribution >= 4 is 18.8 Å². The number of benzene rings is 2. The van der Waals surface area contributed by atoms with Gasteiger partial charge in [-0.15, -0.1) is 5.10 Å². The quantitative estimate of drug-likeness (QED) is 0.136. The van der Waals surface area contributed by atoms with Crippen molar-refractivity contribution in [3.63, 3.8) is 0 Å². The van der Waals surface area contributed by atoms with Crippen LogP contribution in [0.5, 0.6) is 0 Å². The van der Waals surface area contributed by atoms with Gasteiger partial charge in [-0.25, -0.2) is 4.68 Å². The van der Waals surface area contributed by atoms with Crippen molar-refractivity contribution in [1.29, 1.82) is 0 Å². The maximum atomic E-state index is 13.4. The number of carbonyl (C=O) groups is 1. The van der Waals surface area contributed by atoms with E-state index in [-0.39, 0.29) is 16.7 Å². The second-order valence-electron chi connectivity index (χ2n) is 9.23. The van der Waals surface area contributed by atoms with E-state index in [0.717, 1.165) is 0 Å². The summed E-state index contributed by atoms with van der Waals surface area (Å²) in [6.45, 7) is -0.575. The fourth-order valence-electron chi connectivity index (χ4n) is 4.59. The molecule has 2 aromatic carbocycles. The molecular formula is C26H28N5O9P. The number of aliphatic hydroxyl groups excluding tert-OH is 4. The number of nitrogens with one attached hydrogen (secondary N) is 1. The van der Waals surface area contributed by atoms with Gasteiger partial charge in [0.2, 0.25) is 5.78 Å². The molecule has 0 saturated carbocycles. The van der Waals surface area contributed by atoms with Crippen molar-refractivity contribution in [2.24, 2.45) is 0 Å². The lowest BCUT2D eigenvalue weighted by atomic mass is 9.98. The number of carbonyl (C=O) groups excluding carboxylic acids is 1. The fourth-order valence-corrected chi connectivity index (χ4v) is 5.79. The van der Waals surface area contributed by atoms with E-state index in [2.05, 4.69) is 20.5 Å². The lowest BCUT2D eigenvalue weighted by Crippen LogP contribution is -2.56. The second-order valence-corrected chi connectivity index (χ2v) is 11.4. The third kappa shape index (κ3) is 5.27. The lowest BCUT2D eigenvalue weighted by Gasteiger charge is -2.39. The van der Waals surface area contributed by atoms with Gasteiger partial charge in [-0.05, 0) is 5.56 Å². The molecule has 5 N–H and O–H groups in total. The first-order valence-electron chi connectivity index (χ1n) is 12.5. The standard InChI is InChI=1S/C26H28N5O9P/c1-38-41(37,39-2)25-19(20(28-29-25)21(33)16-6-4-3-5-7-16)15-10-8-14(9-11-15)17-12-31(30-27-17)26-24(36)23(35)22(34)18(13-32)40-26/h3-12,18,22-24,26,32,34-36H,13H2,1-2H3,(H,28,29)/t18-,22-,23+,24-,26-/m1/s1. The van der Waals surface area contributed by atoms with Crippen molar-refractivity contribution < 1.29 is 43.6 Å². The molecule has 1 aliphatic rings. The van der Waals surface area contributed by atoms with E-state index in [0.29, 0.717) is 22.4 Å². The Bertz CT molecular complexity index is 1550. The van der Waals surface area contributed by atoms with Crippen molar-refractivity contribution in [1.82, 2.24) is 25.2 Å². The van der Waals surface area contributed by atoms with Crippen LogP contribution in [0.15, 0.2) is 60.8 Å². The zero-order valence-electron chi connectivity index (χ0n) is 21.9. The Morgan fingerprint density at radius 2 is 1.66 bits per heavy atom. The van der Waals surface area contributed by atoms with E-state index >= 15 is 0 Å². The summed E-state index contributed by atoms with van der Waals surface area (Å²) < 4.78 is 30.4. The molecule has 0 bridgehead atoms. The third-order valence-electron chi connectivity index (χ3n) is 6.86. The van der Waals surface area contributed by atoms with Gasteiger partial charge in [0.1, 0.15) is 35.8 Å². The molecule has 5 rings (SSSR count). The number of H-pyrrole nitrogens is 1. The number of aromatic nitrogens is 5. The zero-order chi connectivity index (χ0) is 29.3. The molecule has 14 nitrogen and oxygen atoms in total. The number of aliphatic hydroxyl groups is 4. The van der Waals surface area contributed by atoms with Gasteiger partial charge in [0.05, 0.1) is 12.8 Å². The number of hydrogen-bond acceptors (Lipinski definition) is 12. The topological polar surface area (TPSA) is 202 Å². The number of nitrogens with zero attached hydrogens (tertiary/aromatic N) is 4. The molecular weight excluding hydrogens is 557 g/mol. The van der Waals surface area contributed by atoms with Crippen LogP contribution >= 0.6 is 7.60 Å². The molecule has 0 radical (unpaired) electrons. The van der Waals surface area contributed by atoms with Crippen LogP contribution < -0.4 is 5.44 Å². The first kappa shape index (κ1) is 28.9. The Morgan fingerprint density at radius 1 is 1.00 bits per heavy atom. The first-order valence-corrected chi connectivity index (χ1v) is 14.0. The number of ether oxygens (including phenoxy) is 1. The smallest absolute Gasteiger partial charge is 0.379 e. The number of hydrogen-bond donors (Lipinski definition) is 5. The molecule has 3 heterocycles. The average molecular weight is 586 g/mol. The highest BCUT2D eigenvalue weighted by atomic mass is 31.2. The van der Waals surface area contributed by atoms with Gasteiger partial charge >= 0.3 is 7.60 Å². The van der Waals surface area contributed by atoms with Crippen LogP contribution in [0.2, 0.25) is 0 Å². The molecule has 0 aliphatic carbocycles. The van der Waals surface area contributed by atoms with Gasteiger partial charge in [-0.2, -0.15) is 5.10 Å². The Hall–Kier alpha value is -3.59. The molecule has 1 saturated heterocycles. The summed E-state index contributed by atoms with van der Waals surface area (Å²) >= 11 is 0. The zero-order valence-corrected chi connectivity index (χ0v) is 22.8. The summed E-state index contributed by atoms with van der Waals surface area (Å²) in [5, 5.41) is 54.9. The molecule has 4 aromatic rings. The molecule has 0 unspecified atom stereocenters. The van der Waals surface area contributed by atoms with Crippen molar-refractivity contribution in [2.45, 2.75) is 30.6 Å². The second kappa shape index (κ2) is 11.7. The molecule has 216 valence electrons. The summed E-state index contributed by atoms with van der Waals surface area (Å²) in [6, 6.07) is 15.3. The molecule has 0 amide bonds. The van der Waals surface area contributed by atoms with Crippen molar-refractivity contribution in [3.8, 4) is 22.4 Å². The van der Waals surface area contributed by atoms with Crippen LogP contribution in [-0.4, -0.2) is 96.6 Å². The Labute approximate surface area is 233 Å². The fraction of sp³-hybridized carbons (Fsp3) is 0.308. The highest BCUT2D eigenvalue weighted by Crippen LogP contribution is 2.47. The van der Waals surface area contributed by atoms with E-state index in [4.69, 9.17) is 13.8 Å². The minimum absolute atomic E-state index is 0.0168. The Balaban J connectivity index is 1.49. The van der Waals surface area contributed by atoms with Gasteiger partial charge in [0.25, 0.3) is 0 Å². The van der Waals surface area contributed by atoms with Crippen LogP contribution in [0, 0.1) is 0 Å². The van der Waals surface area contributed by atoms with Crippen LogP contribution in [0.25, 0.3) is 22.4 Å². The highest BCUT2D eigenvalue weighted by molar-refractivity contribution is 7.62. The SMILES string of the molecule is COP(=O)(OC)c1[nH]nc(C(=O)c2ccccc2)c1-c1ccc(-c2cn([C@@H]3O[C@H](CO)[C@@H](O)[C@H](O)[C@H]3O)nn2)cc1. The number of aromatic amines is 1. The van der Waals surface area contributed by atoms with E-state index in [1.807, 2.05) is 0 Å². The van der Waals surface area contributed by atoms with Crippen LogP contribution in [0.3, 0.4) is 0 Å². The normalized spacial score (nSPS) is 23.0. The summed E-state index contributed by atoms with van der Waals surface area (Å²) in [4.78, 5) is 13.4. The van der Waals surface area contributed by atoms with E-state index in [1.165, 1.54) is 25.1 Å². The molecule has 2 aromatic heterocycles. The highest BCUT2D eigenvalue weighted by Gasteiger charge is 2.44. The van der Waals surface area contributed by atoms with Gasteiger partial charge in [0.15, 0.2) is 11.7 Å². The summed E-state index contributed by atoms with van der Waals surface area (Å²) in [5.74, 6) is -0.395. The van der Waals surface area contributed by atoms with Crippen molar-refractivity contribution in [2.75, 3.05) is 20.8 Å². The molecule has 0 spiro atoms. The minimum atomic E-state index is -3.84. The van der Waals surface area contributed by atoms with Crippen LogP contribution in [0.1, 0.15) is 22.3 Å². The van der Waals surface area contributed by atoms with Gasteiger partial charge < -0.3 is 34.2 Å².